The quantitative estimate of drug-likeness (QED) is 0.259. The molecule has 3 aromatic carbocycles. The molecular formula is C32H33N9O2. The van der Waals surface area contributed by atoms with Crippen LogP contribution in [0.4, 0.5) is 5.82 Å². The van der Waals surface area contributed by atoms with Crippen LogP contribution in [0.1, 0.15) is 22.5 Å². The van der Waals surface area contributed by atoms with Gasteiger partial charge in [0.25, 0.3) is 0 Å². The maximum atomic E-state index is 5.55. The molecule has 218 valence electrons. The number of tetrazole rings is 1. The molecule has 43 heavy (non-hydrogen) atoms. The number of hydrogen-bond acceptors (Lipinski definition) is 9. The van der Waals surface area contributed by atoms with Crippen molar-refractivity contribution in [2.45, 2.75) is 19.4 Å². The molecule has 0 atom stereocenters. The summed E-state index contributed by atoms with van der Waals surface area (Å²) in [6, 6.07) is 20.7. The summed E-state index contributed by atoms with van der Waals surface area (Å²) in [5.74, 6) is 3.73. The number of nitrogens with one attached hydrogen (secondary N) is 2. The van der Waals surface area contributed by atoms with Crippen molar-refractivity contribution < 1.29 is 9.47 Å². The molecule has 1 aliphatic rings. The fourth-order valence-corrected chi connectivity index (χ4v) is 5.83. The van der Waals surface area contributed by atoms with Crippen LogP contribution in [0.5, 0.6) is 11.5 Å². The summed E-state index contributed by atoms with van der Waals surface area (Å²) in [7, 11) is 5.13. The zero-order chi connectivity index (χ0) is 29.3. The summed E-state index contributed by atoms with van der Waals surface area (Å²) >= 11 is 0. The second kappa shape index (κ2) is 11.3. The molecule has 0 bridgehead atoms. The first-order valence-corrected chi connectivity index (χ1v) is 14.4. The molecule has 0 fully saturated rings. The van der Waals surface area contributed by atoms with Crippen LogP contribution in [-0.2, 0) is 26.4 Å². The van der Waals surface area contributed by atoms with Gasteiger partial charge in [-0.1, -0.05) is 42.5 Å². The Morgan fingerprint density at radius 3 is 2.53 bits per heavy atom. The van der Waals surface area contributed by atoms with Crippen LogP contribution in [0.3, 0.4) is 0 Å². The molecule has 11 heteroatoms. The zero-order valence-corrected chi connectivity index (χ0v) is 24.5. The van der Waals surface area contributed by atoms with Gasteiger partial charge in [-0.25, -0.2) is 9.97 Å². The summed E-state index contributed by atoms with van der Waals surface area (Å²) in [6.45, 7) is 3.46. The van der Waals surface area contributed by atoms with Crippen LogP contribution in [0.25, 0.3) is 33.3 Å². The largest absolute Gasteiger partial charge is 0.493 e. The van der Waals surface area contributed by atoms with Crippen molar-refractivity contribution in [1.82, 2.24) is 40.1 Å². The highest BCUT2D eigenvalue weighted by molar-refractivity contribution is 6.11. The molecule has 0 unspecified atom stereocenters. The Balaban J connectivity index is 1.17. The van der Waals surface area contributed by atoms with Gasteiger partial charge in [-0.15, -0.1) is 10.2 Å². The van der Waals surface area contributed by atoms with Gasteiger partial charge in [0.15, 0.2) is 11.5 Å². The van der Waals surface area contributed by atoms with Crippen LogP contribution < -0.4 is 14.8 Å². The van der Waals surface area contributed by atoms with Gasteiger partial charge in [-0.3, -0.25) is 4.90 Å². The maximum absolute atomic E-state index is 5.55. The average molecular weight is 576 g/mol. The fourth-order valence-electron chi connectivity index (χ4n) is 5.83. The molecule has 0 radical (unpaired) electrons. The zero-order valence-electron chi connectivity index (χ0n) is 24.5. The fraction of sp³-hybridized carbons (Fsp3) is 0.281. The lowest BCUT2D eigenvalue weighted by atomic mass is 9.99. The van der Waals surface area contributed by atoms with Crippen LogP contribution in [0.15, 0.2) is 60.7 Å². The minimum atomic E-state index is 0.580. The first kappa shape index (κ1) is 26.8. The summed E-state index contributed by atoms with van der Waals surface area (Å²) in [5, 5.41) is 18.2. The molecular weight excluding hydrogens is 542 g/mol. The number of aromatic nitrogens is 7. The van der Waals surface area contributed by atoms with Gasteiger partial charge >= 0.3 is 0 Å². The summed E-state index contributed by atoms with van der Waals surface area (Å²) in [6.07, 6.45) is 1.61. The monoisotopic (exact) mass is 575 g/mol. The lowest BCUT2D eigenvalue weighted by molar-refractivity contribution is 0.262. The number of hydrogen-bond donors (Lipinski definition) is 2. The highest BCUT2D eigenvalue weighted by Crippen LogP contribution is 2.34. The van der Waals surface area contributed by atoms with E-state index in [1.165, 1.54) is 21.5 Å². The lowest BCUT2D eigenvalue weighted by Gasteiger charge is -2.29. The van der Waals surface area contributed by atoms with Crippen LogP contribution in [0.2, 0.25) is 0 Å². The number of ether oxygens (including phenoxy) is 2. The summed E-state index contributed by atoms with van der Waals surface area (Å²) < 4.78 is 11.1. The van der Waals surface area contributed by atoms with E-state index >= 15 is 0 Å². The molecule has 6 aromatic rings. The Morgan fingerprint density at radius 1 is 0.953 bits per heavy atom. The molecule has 7 rings (SSSR count). The Kier molecular flexibility index (Phi) is 7.07. The van der Waals surface area contributed by atoms with E-state index in [0.29, 0.717) is 12.2 Å². The van der Waals surface area contributed by atoms with Crippen molar-refractivity contribution >= 4 is 27.8 Å². The Bertz CT molecular complexity index is 1920. The van der Waals surface area contributed by atoms with Crippen LogP contribution in [0, 0.1) is 0 Å². The first-order valence-electron chi connectivity index (χ1n) is 14.4. The van der Waals surface area contributed by atoms with Gasteiger partial charge in [0.1, 0.15) is 17.3 Å². The highest BCUT2D eigenvalue weighted by Gasteiger charge is 2.20. The predicted molar refractivity (Wildman–Crippen MR) is 165 cm³/mol. The van der Waals surface area contributed by atoms with E-state index in [1.54, 1.807) is 21.3 Å². The molecule has 3 aromatic heterocycles. The summed E-state index contributed by atoms with van der Waals surface area (Å²) in [4.78, 5) is 17.4. The molecule has 0 amide bonds. The average Bonchev–Trinajstić information content (AvgIpc) is 3.63. The second-order valence-electron chi connectivity index (χ2n) is 10.8. The Morgan fingerprint density at radius 2 is 1.77 bits per heavy atom. The number of benzene rings is 3. The van der Waals surface area contributed by atoms with Gasteiger partial charge in [0, 0.05) is 49.1 Å². The normalized spacial score (nSPS) is 13.4. The Hall–Kier alpha value is -5.03. The van der Waals surface area contributed by atoms with E-state index in [0.717, 1.165) is 83.2 Å². The third-order valence-corrected chi connectivity index (χ3v) is 7.99. The molecule has 11 nitrogen and oxygen atoms in total. The second-order valence-corrected chi connectivity index (χ2v) is 10.8. The first-order chi connectivity index (χ1) is 21.1. The topological polar surface area (TPSA) is 119 Å². The van der Waals surface area contributed by atoms with Crippen molar-refractivity contribution in [3.05, 3.63) is 83.2 Å². The highest BCUT2D eigenvalue weighted by atomic mass is 16.5. The number of fused-ring (bicyclic) bond motifs is 4. The minimum absolute atomic E-state index is 0.580. The predicted octanol–water partition coefficient (Wildman–Crippen LogP) is 4.38. The molecule has 4 heterocycles. The number of nitrogens with zero attached hydrogens (tertiary/aromatic N) is 7. The van der Waals surface area contributed by atoms with Gasteiger partial charge < -0.3 is 19.8 Å². The molecule has 0 saturated heterocycles. The number of aryl methyl sites for hydroxylation is 1. The smallest absolute Gasteiger partial charge is 0.204 e. The number of methoxy groups -OCH3 is 2. The van der Waals surface area contributed by atoms with Crippen molar-refractivity contribution in [2.24, 2.45) is 7.05 Å². The van der Waals surface area contributed by atoms with E-state index in [1.807, 2.05) is 30.3 Å². The third-order valence-electron chi connectivity index (χ3n) is 7.99. The van der Waals surface area contributed by atoms with Gasteiger partial charge in [-0.2, -0.15) is 4.80 Å². The van der Waals surface area contributed by atoms with E-state index in [-0.39, 0.29) is 0 Å². The van der Waals surface area contributed by atoms with Gasteiger partial charge in [-0.05, 0) is 46.5 Å². The molecule has 1 aliphatic heterocycles. The van der Waals surface area contributed by atoms with Crippen LogP contribution in [-0.4, -0.2) is 73.9 Å². The number of H-pyrrole nitrogens is 1. The summed E-state index contributed by atoms with van der Waals surface area (Å²) in [5.41, 5.74) is 6.41. The van der Waals surface area contributed by atoms with Crippen molar-refractivity contribution in [1.29, 1.82) is 0 Å². The number of anilines is 1. The molecule has 0 saturated carbocycles. The van der Waals surface area contributed by atoms with Crippen LogP contribution >= 0.6 is 0 Å². The maximum Gasteiger partial charge on any atom is 0.204 e. The van der Waals surface area contributed by atoms with Gasteiger partial charge in [0.05, 0.1) is 26.7 Å². The lowest BCUT2D eigenvalue weighted by Crippen LogP contribution is -2.34. The van der Waals surface area contributed by atoms with E-state index in [9.17, 15) is 0 Å². The molecule has 0 spiro atoms. The van der Waals surface area contributed by atoms with Crippen molar-refractivity contribution in [3.8, 4) is 22.9 Å². The van der Waals surface area contributed by atoms with E-state index in [2.05, 4.69) is 60.9 Å². The minimum Gasteiger partial charge on any atom is -0.493 e. The van der Waals surface area contributed by atoms with E-state index in [4.69, 9.17) is 19.4 Å². The molecule has 0 aliphatic carbocycles. The van der Waals surface area contributed by atoms with Crippen molar-refractivity contribution in [2.75, 3.05) is 39.2 Å². The van der Waals surface area contributed by atoms with E-state index < -0.39 is 0 Å². The standard InChI is InChI=1S/C32H33N9O2/c1-40-38-30(37-39-40)22-9-10-24-25(16-22)34-32-29(24)31(35-28(36-32)15-20-7-5-4-6-8-20)33-12-14-41-13-11-21-17-26(42-2)27(43-3)18-23(21)19-41/h4-10,16-18H,11-15,19H2,1-3H3,(H2,33,34,35,36). The SMILES string of the molecule is COc1cc2c(cc1OC)CN(CCNc1nc(Cc3ccccc3)nc3[nH]c4cc(-c5nnn(C)n5)ccc4c13)CC2. The number of aromatic amines is 1. The number of rotatable bonds is 9. The molecule has 2 N–H and O–H groups in total. The van der Waals surface area contributed by atoms with Gasteiger partial charge in [0.2, 0.25) is 5.82 Å². The Labute approximate surface area is 248 Å². The van der Waals surface area contributed by atoms with Crippen molar-refractivity contribution in [3.63, 3.8) is 0 Å². The third kappa shape index (κ3) is 5.35.